The van der Waals surface area contributed by atoms with Gasteiger partial charge in [-0.05, 0) is 12.1 Å². The number of hydrogen-bond acceptors (Lipinski definition) is 5. The lowest BCUT2D eigenvalue weighted by Gasteiger charge is -2.35. The van der Waals surface area contributed by atoms with Gasteiger partial charge in [0.15, 0.2) is 0 Å². The Morgan fingerprint density at radius 1 is 1.61 bits per heavy atom. The average molecular weight is 290 g/mol. The maximum atomic E-state index is 11.3. The van der Waals surface area contributed by atoms with Crippen molar-refractivity contribution in [1.82, 2.24) is 4.90 Å². The van der Waals surface area contributed by atoms with E-state index in [1.807, 2.05) is 6.07 Å². The molecule has 0 saturated heterocycles. The van der Waals surface area contributed by atoms with E-state index >= 15 is 0 Å². The lowest BCUT2D eigenvalue weighted by Crippen LogP contribution is -2.52. The first-order chi connectivity index (χ1) is 8.52. The molecule has 0 bridgehead atoms. The van der Waals surface area contributed by atoms with Crippen LogP contribution in [0, 0.1) is 0 Å². The lowest BCUT2D eigenvalue weighted by molar-refractivity contribution is -0.142. The Labute approximate surface area is 115 Å². The van der Waals surface area contributed by atoms with Gasteiger partial charge in [0.25, 0.3) is 0 Å². The van der Waals surface area contributed by atoms with E-state index in [9.17, 15) is 4.79 Å². The van der Waals surface area contributed by atoms with Crippen molar-refractivity contribution in [3.8, 4) is 0 Å². The molecule has 0 aliphatic carbocycles. The number of halogens is 2. The van der Waals surface area contributed by atoms with Crippen LogP contribution >= 0.6 is 23.2 Å². The summed E-state index contributed by atoms with van der Waals surface area (Å²) >= 11 is 12.1. The average Bonchev–Trinajstić information content (AvgIpc) is 2.36. The molecule has 3 N–H and O–H groups in total. The molecule has 98 valence electrons. The van der Waals surface area contributed by atoms with E-state index in [1.54, 1.807) is 11.0 Å². The molecule has 1 aliphatic rings. The number of nitrogens with zero attached hydrogens (tertiary/aromatic N) is 1. The smallest absolute Gasteiger partial charge is 0.319 e. The van der Waals surface area contributed by atoms with Crippen molar-refractivity contribution in [3.05, 3.63) is 27.7 Å². The van der Waals surface area contributed by atoms with Crippen molar-refractivity contribution in [2.24, 2.45) is 5.73 Å². The van der Waals surface area contributed by atoms with Crippen LogP contribution in [-0.2, 0) is 16.1 Å². The topological polar surface area (TPSA) is 67.6 Å². The molecule has 0 spiro atoms. The van der Waals surface area contributed by atoms with Gasteiger partial charge >= 0.3 is 5.97 Å². The third kappa shape index (κ3) is 2.54. The summed E-state index contributed by atoms with van der Waals surface area (Å²) in [7, 11) is 1.34. The molecule has 0 aromatic heterocycles. The van der Waals surface area contributed by atoms with Gasteiger partial charge in [-0.1, -0.05) is 23.2 Å². The number of methoxy groups -OCH3 is 1. The molecule has 7 heteroatoms. The minimum atomic E-state index is -0.464. The van der Waals surface area contributed by atoms with E-state index in [-0.39, 0.29) is 12.5 Å². The molecular formula is C11H13Cl2N3O2. The summed E-state index contributed by atoms with van der Waals surface area (Å²) in [6, 6.07) is 3.53. The summed E-state index contributed by atoms with van der Waals surface area (Å²) < 4.78 is 4.62. The summed E-state index contributed by atoms with van der Waals surface area (Å²) in [5.74, 6) is -0.353. The number of ether oxygens (including phenoxy) is 1. The SMILES string of the molecule is COC(=O)CN1Cc2c(ccc(Cl)c2Cl)NC1N. The highest BCUT2D eigenvalue weighted by Gasteiger charge is 2.26. The standard InChI is InChI=1S/C11H13Cl2N3O2/c1-18-9(17)5-16-4-6-8(15-11(16)14)3-2-7(12)10(6)13/h2-3,11,15H,4-5,14H2,1H3. The van der Waals surface area contributed by atoms with Gasteiger partial charge in [0.1, 0.15) is 6.29 Å². The molecule has 1 aliphatic heterocycles. The Balaban J connectivity index is 2.25. The summed E-state index contributed by atoms with van der Waals surface area (Å²) in [4.78, 5) is 13.0. The van der Waals surface area contributed by atoms with E-state index in [1.165, 1.54) is 7.11 Å². The third-order valence-corrected chi connectivity index (χ3v) is 3.66. The number of fused-ring (bicyclic) bond motifs is 1. The van der Waals surface area contributed by atoms with Crippen molar-refractivity contribution < 1.29 is 9.53 Å². The molecule has 0 saturated carbocycles. The summed E-state index contributed by atoms with van der Waals surface area (Å²) in [6.07, 6.45) is -0.464. The van der Waals surface area contributed by atoms with Crippen molar-refractivity contribution in [2.75, 3.05) is 19.0 Å². The van der Waals surface area contributed by atoms with Crippen molar-refractivity contribution >= 4 is 34.9 Å². The molecule has 18 heavy (non-hydrogen) atoms. The van der Waals surface area contributed by atoms with Gasteiger partial charge in [-0.15, -0.1) is 0 Å². The molecule has 1 aromatic rings. The second kappa shape index (κ2) is 5.32. The highest BCUT2D eigenvalue weighted by Crippen LogP contribution is 2.35. The van der Waals surface area contributed by atoms with Gasteiger partial charge < -0.3 is 10.1 Å². The maximum absolute atomic E-state index is 11.3. The normalized spacial score (nSPS) is 19.0. The molecule has 5 nitrogen and oxygen atoms in total. The molecule has 2 rings (SSSR count). The maximum Gasteiger partial charge on any atom is 0.319 e. The minimum Gasteiger partial charge on any atom is -0.468 e. The lowest BCUT2D eigenvalue weighted by atomic mass is 10.1. The Morgan fingerprint density at radius 2 is 2.33 bits per heavy atom. The molecule has 1 aromatic carbocycles. The molecule has 1 unspecified atom stereocenters. The van der Waals surface area contributed by atoms with Gasteiger partial charge in [0.05, 0.1) is 23.7 Å². The summed E-state index contributed by atoms with van der Waals surface area (Å²) in [5.41, 5.74) is 7.58. The van der Waals surface area contributed by atoms with Gasteiger partial charge in [-0.3, -0.25) is 15.4 Å². The van der Waals surface area contributed by atoms with E-state index in [2.05, 4.69) is 10.1 Å². The highest BCUT2D eigenvalue weighted by molar-refractivity contribution is 6.42. The fourth-order valence-electron chi connectivity index (χ4n) is 1.82. The number of esters is 1. The Morgan fingerprint density at radius 3 is 3.00 bits per heavy atom. The number of benzene rings is 1. The zero-order chi connectivity index (χ0) is 13.3. The predicted octanol–water partition coefficient (Wildman–Crippen LogP) is 1.64. The van der Waals surface area contributed by atoms with Crippen LogP contribution in [0.1, 0.15) is 5.56 Å². The third-order valence-electron chi connectivity index (χ3n) is 2.81. The van der Waals surface area contributed by atoms with E-state index in [0.29, 0.717) is 16.6 Å². The number of nitrogens with one attached hydrogen (secondary N) is 1. The number of carbonyl (C=O) groups is 1. The van der Waals surface area contributed by atoms with Gasteiger partial charge in [-0.2, -0.15) is 0 Å². The van der Waals surface area contributed by atoms with E-state index in [4.69, 9.17) is 28.9 Å². The van der Waals surface area contributed by atoms with Crippen LogP contribution in [0.3, 0.4) is 0 Å². The van der Waals surface area contributed by atoms with Crippen LogP contribution in [-0.4, -0.2) is 30.8 Å². The van der Waals surface area contributed by atoms with E-state index < -0.39 is 6.29 Å². The monoisotopic (exact) mass is 289 g/mol. The summed E-state index contributed by atoms with van der Waals surface area (Å²) in [6.45, 7) is 0.533. The Hall–Kier alpha value is -1.01. The molecular weight excluding hydrogens is 277 g/mol. The Kier molecular flexibility index (Phi) is 3.97. The van der Waals surface area contributed by atoms with E-state index in [0.717, 1.165) is 11.3 Å². The van der Waals surface area contributed by atoms with Crippen LogP contribution in [0.15, 0.2) is 12.1 Å². The van der Waals surface area contributed by atoms with Crippen molar-refractivity contribution in [1.29, 1.82) is 0 Å². The zero-order valence-corrected chi connectivity index (χ0v) is 11.3. The van der Waals surface area contributed by atoms with Gasteiger partial charge in [-0.25, -0.2) is 0 Å². The number of anilines is 1. The fourth-order valence-corrected chi connectivity index (χ4v) is 2.22. The van der Waals surface area contributed by atoms with Crippen LogP contribution in [0.5, 0.6) is 0 Å². The first kappa shape index (κ1) is 13.4. The number of nitrogens with two attached hydrogens (primary N) is 1. The first-order valence-corrected chi connectivity index (χ1v) is 6.08. The van der Waals surface area contributed by atoms with Crippen LogP contribution < -0.4 is 11.1 Å². The van der Waals surface area contributed by atoms with Crippen molar-refractivity contribution in [2.45, 2.75) is 12.8 Å². The molecule has 1 atom stereocenters. The quantitative estimate of drug-likeness (QED) is 0.810. The van der Waals surface area contributed by atoms with Gasteiger partial charge in [0.2, 0.25) is 0 Å². The summed E-state index contributed by atoms with van der Waals surface area (Å²) in [5, 5.41) is 4.01. The van der Waals surface area contributed by atoms with Crippen molar-refractivity contribution in [3.63, 3.8) is 0 Å². The second-order valence-corrected chi connectivity index (χ2v) is 4.74. The number of carbonyl (C=O) groups excluding carboxylic acids is 1. The largest absolute Gasteiger partial charge is 0.468 e. The van der Waals surface area contributed by atoms with Gasteiger partial charge in [0, 0.05) is 17.8 Å². The number of hydrogen-bond donors (Lipinski definition) is 2. The zero-order valence-electron chi connectivity index (χ0n) is 9.74. The molecule has 0 fully saturated rings. The molecule has 0 radical (unpaired) electrons. The second-order valence-electron chi connectivity index (χ2n) is 3.96. The Bertz CT molecular complexity index is 482. The predicted molar refractivity (Wildman–Crippen MR) is 70.5 cm³/mol. The van der Waals surface area contributed by atoms with Crippen LogP contribution in [0.4, 0.5) is 5.69 Å². The highest BCUT2D eigenvalue weighted by atomic mass is 35.5. The van der Waals surface area contributed by atoms with Crippen LogP contribution in [0.25, 0.3) is 0 Å². The minimum absolute atomic E-state index is 0.0902. The molecule has 0 amide bonds. The first-order valence-electron chi connectivity index (χ1n) is 5.32. The fraction of sp³-hybridized carbons (Fsp3) is 0.364. The number of rotatable bonds is 2. The molecule has 1 heterocycles. The van der Waals surface area contributed by atoms with Crippen LogP contribution in [0.2, 0.25) is 10.0 Å².